The normalized spacial score (nSPS) is 10.4. The summed E-state index contributed by atoms with van der Waals surface area (Å²) in [4.78, 5) is 35.6. The molecule has 1 heterocycles. The van der Waals surface area contributed by atoms with E-state index in [1.165, 1.54) is 14.1 Å². The Morgan fingerprint density at radius 3 is 2.43 bits per heavy atom. The molecule has 0 aliphatic rings. The Morgan fingerprint density at radius 2 is 1.83 bits per heavy atom. The van der Waals surface area contributed by atoms with Crippen LogP contribution >= 0.6 is 11.6 Å². The Balaban J connectivity index is 2.13. The Bertz CT molecular complexity index is 855. The molecular weight excluding hydrogens is 324 g/mol. The molecule has 1 amide bonds. The molecule has 23 heavy (non-hydrogen) atoms. The van der Waals surface area contributed by atoms with Crippen molar-refractivity contribution in [1.82, 2.24) is 9.13 Å². The van der Waals surface area contributed by atoms with Crippen molar-refractivity contribution in [1.29, 1.82) is 0 Å². The van der Waals surface area contributed by atoms with E-state index in [1.807, 2.05) is 0 Å². The van der Waals surface area contributed by atoms with E-state index < -0.39 is 17.2 Å². The summed E-state index contributed by atoms with van der Waals surface area (Å²) >= 11 is 5.75. The standard InChI is InChI=1S/C14H15ClN4O4/c1-18-12(16)11(13(21)19(2)14(18)22)17-10(20)7-23-9-5-3-8(15)4-6-9/h3-6H,7,16H2,1-2H3,(H,17,20). The third-order valence-electron chi connectivity index (χ3n) is 3.16. The minimum absolute atomic E-state index is 0.127. The number of nitrogen functional groups attached to an aromatic ring is 1. The number of hydrogen-bond donors (Lipinski definition) is 2. The molecule has 1 aromatic carbocycles. The highest BCUT2D eigenvalue weighted by atomic mass is 35.5. The number of nitrogens with one attached hydrogen (secondary N) is 1. The van der Waals surface area contributed by atoms with Crippen LogP contribution in [-0.4, -0.2) is 21.6 Å². The molecule has 8 nitrogen and oxygen atoms in total. The van der Waals surface area contributed by atoms with Gasteiger partial charge in [-0.15, -0.1) is 0 Å². The molecule has 0 fully saturated rings. The molecule has 0 unspecified atom stereocenters. The maximum Gasteiger partial charge on any atom is 0.332 e. The van der Waals surface area contributed by atoms with Crippen LogP contribution in [0.25, 0.3) is 0 Å². The molecular formula is C14H15ClN4O4. The monoisotopic (exact) mass is 338 g/mol. The minimum Gasteiger partial charge on any atom is -0.484 e. The number of rotatable bonds is 4. The molecule has 0 saturated carbocycles. The van der Waals surface area contributed by atoms with E-state index in [1.54, 1.807) is 24.3 Å². The van der Waals surface area contributed by atoms with Crippen LogP contribution in [0.2, 0.25) is 5.02 Å². The molecule has 2 rings (SSSR count). The molecule has 0 spiro atoms. The van der Waals surface area contributed by atoms with Gasteiger partial charge < -0.3 is 15.8 Å². The first-order chi connectivity index (χ1) is 10.8. The summed E-state index contributed by atoms with van der Waals surface area (Å²) in [6, 6.07) is 6.45. The number of carbonyl (C=O) groups excluding carboxylic acids is 1. The minimum atomic E-state index is -0.689. The van der Waals surface area contributed by atoms with Gasteiger partial charge in [0.05, 0.1) is 0 Å². The van der Waals surface area contributed by atoms with Crippen LogP contribution in [0, 0.1) is 0 Å². The second kappa shape index (κ2) is 6.57. The van der Waals surface area contributed by atoms with Crippen LogP contribution in [0.3, 0.4) is 0 Å². The molecule has 3 N–H and O–H groups in total. The highest BCUT2D eigenvalue weighted by Crippen LogP contribution is 2.15. The fraction of sp³-hybridized carbons (Fsp3) is 0.214. The molecule has 122 valence electrons. The van der Waals surface area contributed by atoms with Gasteiger partial charge in [0.25, 0.3) is 11.5 Å². The summed E-state index contributed by atoms with van der Waals surface area (Å²) in [5.74, 6) is -0.258. The number of ether oxygens (including phenoxy) is 1. The topological polar surface area (TPSA) is 108 Å². The van der Waals surface area contributed by atoms with Gasteiger partial charge in [0.2, 0.25) is 0 Å². The summed E-state index contributed by atoms with van der Waals surface area (Å²) in [5.41, 5.74) is 4.27. The third-order valence-corrected chi connectivity index (χ3v) is 3.41. The van der Waals surface area contributed by atoms with E-state index in [2.05, 4.69) is 5.32 Å². The van der Waals surface area contributed by atoms with Crippen LogP contribution in [0.4, 0.5) is 11.5 Å². The first-order valence-electron chi connectivity index (χ1n) is 6.55. The Labute approximate surface area is 136 Å². The van der Waals surface area contributed by atoms with E-state index in [0.717, 1.165) is 9.13 Å². The van der Waals surface area contributed by atoms with Crippen molar-refractivity contribution in [2.75, 3.05) is 17.7 Å². The van der Waals surface area contributed by atoms with Crippen molar-refractivity contribution in [2.24, 2.45) is 14.1 Å². The van der Waals surface area contributed by atoms with Gasteiger partial charge in [-0.25, -0.2) is 4.79 Å². The lowest BCUT2D eigenvalue weighted by atomic mass is 10.3. The third kappa shape index (κ3) is 3.54. The fourth-order valence-corrected chi connectivity index (χ4v) is 1.96. The van der Waals surface area contributed by atoms with Crippen molar-refractivity contribution in [3.8, 4) is 5.75 Å². The largest absolute Gasteiger partial charge is 0.484 e. The number of halogens is 1. The number of nitrogens with zero attached hydrogens (tertiary/aromatic N) is 2. The lowest BCUT2D eigenvalue weighted by Gasteiger charge is -2.12. The quantitative estimate of drug-likeness (QED) is 0.835. The van der Waals surface area contributed by atoms with Gasteiger partial charge in [0.1, 0.15) is 17.3 Å². The van der Waals surface area contributed by atoms with Gasteiger partial charge in [0.15, 0.2) is 6.61 Å². The smallest absolute Gasteiger partial charge is 0.332 e. The first kappa shape index (κ1) is 16.6. The molecule has 0 atom stereocenters. The first-order valence-corrected chi connectivity index (χ1v) is 6.92. The summed E-state index contributed by atoms with van der Waals surface area (Å²) in [6.45, 7) is -0.326. The molecule has 1 aromatic heterocycles. The predicted octanol–water partition coefficient (Wildman–Crippen LogP) is 0.337. The van der Waals surface area contributed by atoms with Crippen LogP contribution in [0.5, 0.6) is 5.75 Å². The van der Waals surface area contributed by atoms with Crippen LogP contribution < -0.4 is 27.0 Å². The maximum absolute atomic E-state index is 12.0. The summed E-state index contributed by atoms with van der Waals surface area (Å²) in [7, 11) is 2.70. The Morgan fingerprint density at radius 1 is 1.22 bits per heavy atom. The van der Waals surface area contributed by atoms with Gasteiger partial charge in [-0.05, 0) is 24.3 Å². The summed E-state index contributed by atoms with van der Waals surface area (Å²) in [5, 5.41) is 2.91. The van der Waals surface area contributed by atoms with Gasteiger partial charge in [-0.3, -0.25) is 18.7 Å². The van der Waals surface area contributed by atoms with Crippen LogP contribution in [0.15, 0.2) is 33.9 Å². The van der Waals surface area contributed by atoms with E-state index >= 15 is 0 Å². The van der Waals surface area contributed by atoms with Crippen molar-refractivity contribution in [3.05, 3.63) is 50.1 Å². The Kier molecular flexibility index (Phi) is 4.75. The van der Waals surface area contributed by atoms with Gasteiger partial charge in [0, 0.05) is 19.1 Å². The van der Waals surface area contributed by atoms with E-state index in [-0.39, 0.29) is 18.1 Å². The maximum atomic E-state index is 12.0. The number of nitrogens with two attached hydrogens (primary N) is 1. The molecule has 2 aromatic rings. The van der Waals surface area contributed by atoms with Gasteiger partial charge in [-0.1, -0.05) is 11.6 Å². The van der Waals surface area contributed by atoms with Gasteiger partial charge in [-0.2, -0.15) is 0 Å². The van der Waals surface area contributed by atoms with Gasteiger partial charge >= 0.3 is 5.69 Å². The number of hydrogen-bond acceptors (Lipinski definition) is 5. The van der Waals surface area contributed by atoms with E-state index in [9.17, 15) is 14.4 Å². The lowest BCUT2D eigenvalue weighted by molar-refractivity contribution is -0.118. The second-order valence-electron chi connectivity index (χ2n) is 4.76. The van der Waals surface area contributed by atoms with Crippen LogP contribution in [-0.2, 0) is 18.9 Å². The highest BCUT2D eigenvalue weighted by Gasteiger charge is 2.15. The molecule has 0 aliphatic carbocycles. The van der Waals surface area contributed by atoms with Crippen molar-refractivity contribution in [3.63, 3.8) is 0 Å². The molecule has 0 radical (unpaired) electrons. The van der Waals surface area contributed by atoms with E-state index in [4.69, 9.17) is 22.1 Å². The summed E-state index contributed by atoms with van der Waals surface area (Å²) in [6.07, 6.45) is 0. The van der Waals surface area contributed by atoms with Crippen LogP contribution in [0.1, 0.15) is 0 Å². The number of benzene rings is 1. The zero-order valence-electron chi connectivity index (χ0n) is 12.5. The Hall–Kier alpha value is -2.74. The second-order valence-corrected chi connectivity index (χ2v) is 5.19. The average molecular weight is 339 g/mol. The number of amides is 1. The number of carbonyl (C=O) groups is 1. The number of anilines is 2. The zero-order chi connectivity index (χ0) is 17.1. The fourth-order valence-electron chi connectivity index (χ4n) is 1.83. The molecule has 9 heteroatoms. The average Bonchev–Trinajstić information content (AvgIpc) is 2.54. The number of aromatic nitrogens is 2. The zero-order valence-corrected chi connectivity index (χ0v) is 13.3. The predicted molar refractivity (Wildman–Crippen MR) is 86.9 cm³/mol. The van der Waals surface area contributed by atoms with E-state index in [0.29, 0.717) is 10.8 Å². The molecule has 0 aliphatic heterocycles. The molecule has 0 saturated heterocycles. The highest BCUT2D eigenvalue weighted by molar-refractivity contribution is 6.30. The SMILES string of the molecule is Cn1c(N)c(NC(=O)COc2ccc(Cl)cc2)c(=O)n(C)c1=O. The van der Waals surface area contributed by atoms with Crippen molar-refractivity contribution in [2.45, 2.75) is 0 Å². The van der Waals surface area contributed by atoms with Crippen molar-refractivity contribution < 1.29 is 9.53 Å². The molecule has 0 bridgehead atoms. The summed E-state index contributed by atoms with van der Waals surface area (Å²) < 4.78 is 7.19. The lowest BCUT2D eigenvalue weighted by Crippen LogP contribution is -2.40. The van der Waals surface area contributed by atoms with Crippen molar-refractivity contribution >= 4 is 29.0 Å².